The lowest BCUT2D eigenvalue weighted by molar-refractivity contribution is -0.312. The first-order valence-corrected chi connectivity index (χ1v) is 15.9. The van der Waals surface area contributed by atoms with Gasteiger partial charge in [-0.15, -0.1) is 0 Å². The normalized spacial score (nSPS) is 46.9. The molecule has 2 aliphatic carbocycles. The second kappa shape index (κ2) is 15.8. The van der Waals surface area contributed by atoms with E-state index in [-0.39, 0.29) is 25.3 Å². The van der Waals surface area contributed by atoms with Gasteiger partial charge in [0.2, 0.25) is 0 Å². The standard InChI is InChI=1S/C27H53N9O11/c1-9-15(30)17(38)13(8-37)45-23(9)47-22-11(35-25(42)27(43)6-14(27)36-26(32)33)5-10(29)21(20(22)41)46-24-16(31)19(40)18(39)12(44-24)7-34-4-2-3-28/h9-24,34,37-41,43H,2-8,28-31H2,1H3,(H,35,42)(H4,32,33,36)/t9?,10-,11+,12+,13+,14?,15+,16+,17+,18+,19+,20-,21+,22-,23+,24+,27?/m0/s1. The number of nitrogens with zero attached hydrogens (tertiary/aromatic N) is 1. The van der Waals surface area contributed by atoms with Gasteiger partial charge in [-0.25, -0.2) is 4.99 Å². The predicted octanol–water partition coefficient (Wildman–Crippen LogP) is -8.14. The largest absolute Gasteiger partial charge is 0.394 e. The van der Waals surface area contributed by atoms with Gasteiger partial charge in [0.15, 0.2) is 24.1 Å². The first kappa shape index (κ1) is 38.0. The number of aliphatic hydroxyl groups excluding tert-OH is 5. The summed E-state index contributed by atoms with van der Waals surface area (Å²) in [6.07, 6.45) is -12.1. The van der Waals surface area contributed by atoms with Crippen LogP contribution in [0.15, 0.2) is 4.99 Å². The van der Waals surface area contributed by atoms with Gasteiger partial charge in [0.25, 0.3) is 5.91 Å². The molecule has 20 nitrogen and oxygen atoms in total. The van der Waals surface area contributed by atoms with Gasteiger partial charge in [-0.1, -0.05) is 6.92 Å². The predicted molar refractivity (Wildman–Crippen MR) is 164 cm³/mol. The molecule has 2 saturated heterocycles. The highest BCUT2D eigenvalue weighted by Crippen LogP contribution is 2.40. The smallest absolute Gasteiger partial charge is 0.254 e. The zero-order valence-corrected chi connectivity index (χ0v) is 26.3. The van der Waals surface area contributed by atoms with Gasteiger partial charge in [-0.3, -0.25) is 4.79 Å². The van der Waals surface area contributed by atoms with Crippen LogP contribution in [0, 0.1) is 5.92 Å². The number of aliphatic hydroxyl groups is 6. The maximum atomic E-state index is 13.2. The summed E-state index contributed by atoms with van der Waals surface area (Å²) >= 11 is 0. The molecule has 0 bridgehead atoms. The van der Waals surface area contributed by atoms with Crippen molar-refractivity contribution in [2.45, 2.75) is 123 Å². The summed E-state index contributed by atoms with van der Waals surface area (Å²) in [5.74, 6) is -1.78. The number of carbonyl (C=O) groups excluding carboxylic acids is 1. The summed E-state index contributed by atoms with van der Waals surface area (Å²) in [5, 5.41) is 69.7. The third-order valence-electron chi connectivity index (χ3n) is 9.46. The van der Waals surface area contributed by atoms with Gasteiger partial charge in [0, 0.05) is 31.0 Å². The SMILES string of the molecule is CC1[C@@H](O[C@@H]2[C@@H](O)[C@H](O[C@H]3O[C@H](CNCCCN)[C@@H](O)[C@H](O)[C@H]3N)[C@@H](N)C[C@H]2NC(=O)C2(O)CC2N=C(N)N)O[C@H](CO)[C@@H](O)[C@@H]1N. The monoisotopic (exact) mass is 679 g/mol. The van der Waals surface area contributed by atoms with E-state index in [4.69, 9.17) is 53.3 Å². The Morgan fingerprint density at radius 1 is 0.957 bits per heavy atom. The van der Waals surface area contributed by atoms with Gasteiger partial charge < -0.3 is 94.6 Å². The first-order valence-electron chi connectivity index (χ1n) is 15.9. The van der Waals surface area contributed by atoms with E-state index in [1.54, 1.807) is 6.92 Å². The second-order valence-corrected chi connectivity index (χ2v) is 13.0. The van der Waals surface area contributed by atoms with E-state index in [1.807, 2.05) is 0 Å². The summed E-state index contributed by atoms with van der Waals surface area (Å²) in [5.41, 5.74) is 33.3. The zero-order chi connectivity index (χ0) is 34.8. The molecular formula is C27H53N9O11. The summed E-state index contributed by atoms with van der Waals surface area (Å²) in [7, 11) is 0. The average Bonchev–Trinajstić information content (AvgIpc) is 3.68. The summed E-state index contributed by atoms with van der Waals surface area (Å²) < 4.78 is 24.0. The minimum absolute atomic E-state index is 0.0453. The number of rotatable bonds is 13. The molecule has 0 spiro atoms. The van der Waals surface area contributed by atoms with Gasteiger partial charge in [-0.2, -0.15) is 0 Å². The number of aliphatic imine (C=N–C) groups is 1. The number of nitrogens with two attached hydrogens (primary N) is 6. The Morgan fingerprint density at radius 2 is 1.62 bits per heavy atom. The molecular weight excluding hydrogens is 626 g/mol. The van der Waals surface area contributed by atoms with Crippen molar-refractivity contribution < 1.29 is 54.4 Å². The molecule has 2 aliphatic heterocycles. The maximum Gasteiger partial charge on any atom is 0.254 e. The Morgan fingerprint density at radius 3 is 2.26 bits per heavy atom. The average molecular weight is 680 g/mol. The van der Waals surface area contributed by atoms with Crippen LogP contribution in [0.3, 0.4) is 0 Å². The molecule has 4 aliphatic rings. The van der Waals surface area contributed by atoms with Crippen LogP contribution in [0.1, 0.15) is 26.2 Å². The summed E-state index contributed by atoms with van der Waals surface area (Å²) in [4.78, 5) is 17.1. The fourth-order valence-corrected chi connectivity index (χ4v) is 6.29. The van der Waals surface area contributed by atoms with Crippen LogP contribution in [0.25, 0.3) is 0 Å². The number of hydrogen-bond donors (Lipinski definition) is 14. The van der Waals surface area contributed by atoms with Gasteiger partial charge >= 0.3 is 0 Å². The summed E-state index contributed by atoms with van der Waals surface area (Å²) in [6, 6.07) is -4.99. The molecule has 0 aromatic carbocycles. The van der Waals surface area contributed by atoms with Crippen LogP contribution in [-0.4, -0.2) is 166 Å². The lowest BCUT2D eigenvalue weighted by Gasteiger charge is -2.49. The van der Waals surface area contributed by atoms with E-state index in [0.29, 0.717) is 19.5 Å². The molecule has 0 aromatic heterocycles. The highest BCUT2D eigenvalue weighted by molar-refractivity contribution is 5.90. The molecule has 4 fully saturated rings. The van der Waals surface area contributed by atoms with E-state index >= 15 is 0 Å². The third-order valence-corrected chi connectivity index (χ3v) is 9.46. The van der Waals surface area contributed by atoms with Crippen molar-refractivity contribution in [2.75, 3.05) is 26.2 Å². The van der Waals surface area contributed by atoms with Crippen molar-refractivity contribution in [1.82, 2.24) is 10.6 Å². The molecule has 2 saturated carbocycles. The molecule has 0 aromatic rings. The van der Waals surface area contributed by atoms with Crippen molar-refractivity contribution >= 4 is 11.9 Å². The highest BCUT2D eigenvalue weighted by Gasteiger charge is 2.61. The van der Waals surface area contributed by atoms with E-state index in [9.17, 15) is 35.4 Å². The highest BCUT2D eigenvalue weighted by atomic mass is 16.7. The summed E-state index contributed by atoms with van der Waals surface area (Å²) in [6.45, 7) is 2.21. The van der Waals surface area contributed by atoms with Crippen LogP contribution in [0.2, 0.25) is 0 Å². The molecule has 1 amide bonds. The molecule has 20 N–H and O–H groups in total. The Hall–Kier alpha value is -1.86. The van der Waals surface area contributed by atoms with Crippen LogP contribution in [0.4, 0.5) is 0 Å². The van der Waals surface area contributed by atoms with Gasteiger partial charge in [0.05, 0.1) is 30.8 Å². The van der Waals surface area contributed by atoms with Crippen LogP contribution >= 0.6 is 0 Å². The molecule has 20 heteroatoms. The Balaban J connectivity index is 1.54. The first-order chi connectivity index (χ1) is 22.1. The lowest BCUT2D eigenvalue weighted by atomic mass is 9.83. The number of guanidine groups is 1. The van der Waals surface area contributed by atoms with E-state index < -0.39 is 116 Å². The van der Waals surface area contributed by atoms with E-state index in [1.165, 1.54) is 0 Å². The lowest BCUT2D eigenvalue weighted by Crippen LogP contribution is -2.69. The Labute approximate surface area is 272 Å². The number of carbonyl (C=O) groups is 1. The van der Waals surface area contributed by atoms with Crippen molar-refractivity contribution in [2.24, 2.45) is 45.3 Å². The fraction of sp³-hybridized carbons (Fsp3) is 0.926. The quantitative estimate of drug-likeness (QED) is 0.0488. The Kier molecular flexibility index (Phi) is 12.7. The number of amides is 1. The second-order valence-electron chi connectivity index (χ2n) is 13.0. The third kappa shape index (κ3) is 8.31. The van der Waals surface area contributed by atoms with Crippen molar-refractivity contribution in [1.29, 1.82) is 0 Å². The number of hydrogen-bond acceptors (Lipinski definition) is 17. The van der Waals surface area contributed by atoms with Gasteiger partial charge in [-0.05, 0) is 25.9 Å². The molecule has 47 heavy (non-hydrogen) atoms. The topological polar surface area (TPSA) is 368 Å². The van der Waals surface area contributed by atoms with Crippen LogP contribution in [0.5, 0.6) is 0 Å². The molecule has 3 unspecified atom stereocenters. The minimum atomic E-state index is -1.91. The van der Waals surface area contributed by atoms with E-state index in [2.05, 4.69) is 15.6 Å². The minimum Gasteiger partial charge on any atom is -0.394 e. The molecule has 4 rings (SSSR count). The van der Waals surface area contributed by atoms with Gasteiger partial charge in [0.1, 0.15) is 42.7 Å². The van der Waals surface area contributed by atoms with Crippen molar-refractivity contribution in [3.05, 3.63) is 0 Å². The molecule has 17 atom stereocenters. The number of ether oxygens (including phenoxy) is 4. The Bertz CT molecular complexity index is 1080. The van der Waals surface area contributed by atoms with Crippen molar-refractivity contribution in [3.8, 4) is 0 Å². The zero-order valence-electron chi connectivity index (χ0n) is 26.3. The van der Waals surface area contributed by atoms with E-state index in [0.717, 1.165) is 0 Å². The fourth-order valence-electron chi connectivity index (χ4n) is 6.29. The van der Waals surface area contributed by atoms with Crippen LogP contribution in [-0.2, 0) is 23.7 Å². The molecule has 0 radical (unpaired) electrons. The number of nitrogens with one attached hydrogen (secondary N) is 2. The van der Waals surface area contributed by atoms with Crippen LogP contribution < -0.4 is 45.0 Å². The maximum absolute atomic E-state index is 13.2. The van der Waals surface area contributed by atoms with Crippen molar-refractivity contribution in [3.63, 3.8) is 0 Å². The molecule has 272 valence electrons. The molecule has 2 heterocycles.